The third-order valence-electron chi connectivity index (χ3n) is 5.88. The fraction of sp³-hybridized carbons (Fsp3) is 0.423. The van der Waals surface area contributed by atoms with Gasteiger partial charge in [-0.25, -0.2) is 13.2 Å². The molecule has 10 heteroatoms. The molecule has 0 unspecified atom stereocenters. The molecule has 0 aliphatic heterocycles. The number of carbonyl (C=O) groups excluding carboxylic acids is 1. The number of fused-ring (bicyclic) bond motifs is 1. The normalized spacial score (nSPS) is 12.9. The summed E-state index contributed by atoms with van der Waals surface area (Å²) in [5, 5.41) is 0.0892. The van der Waals surface area contributed by atoms with Crippen LogP contribution < -0.4 is 16.0 Å². The summed E-state index contributed by atoms with van der Waals surface area (Å²) in [6, 6.07) is 11.6. The molecule has 1 heterocycles. The van der Waals surface area contributed by atoms with E-state index in [1.54, 1.807) is 35.2 Å². The Bertz CT molecular complexity index is 1460. The quantitative estimate of drug-likeness (QED) is 0.472. The lowest BCUT2D eigenvalue weighted by atomic mass is 10.0. The SMILES string of the molecule is CC(C)CN(CC(C)C)C(=O)[C@@H](NS(=O)(=O)c1ccc2c(c1)c(=O)n(C)c(=O)n2C)c1ccccc1. The van der Waals surface area contributed by atoms with Crippen LogP contribution in [0, 0.1) is 11.8 Å². The Morgan fingerprint density at radius 1 is 0.917 bits per heavy atom. The van der Waals surface area contributed by atoms with Gasteiger partial charge in [-0.3, -0.25) is 18.7 Å². The van der Waals surface area contributed by atoms with E-state index in [9.17, 15) is 22.8 Å². The van der Waals surface area contributed by atoms with Crippen molar-refractivity contribution in [2.45, 2.75) is 38.6 Å². The highest BCUT2D eigenvalue weighted by atomic mass is 32.2. The van der Waals surface area contributed by atoms with E-state index < -0.39 is 27.3 Å². The maximum Gasteiger partial charge on any atom is 0.330 e. The molecular formula is C26H34N4O5S. The third kappa shape index (κ3) is 5.76. The number of benzene rings is 2. The van der Waals surface area contributed by atoms with Crippen molar-refractivity contribution in [1.82, 2.24) is 18.8 Å². The van der Waals surface area contributed by atoms with Crippen LogP contribution in [0.15, 0.2) is 63.0 Å². The summed E-state index contributed by atoms with van der Waals surface area (Å²) in [4.78, 5) is 40.2. The zero-order chi connectivity index (χ0) is 26.8. The first-order valence-electron chi connectivity index (χ1n) is 11.9. The van der Waals surface area contributed by atoms with Crippen LogP contribution in [0.3, 0.4) is 0 Å². The first kappa shape index (κ1) is 27.3. The Morgan fingerprint density at radius 3 is 2.06 bits per heavy atom. The molecule has 9 nitrogen and oxygen atoms in total. The minimum absolute atomic E-state index is 0.0892. The highest BCUT2D eigenvalue weighted by molar-refractivity contribution is 7.89. The van der Waals surface area contributed by atoms with Crippen molar-refractivity contribution in [3.05, 3.63) is 74.9 Å². The van der Waals surface area contributed by atoms with E-state index in [-0.39, 0.29) is 28.0 Å². The van der Waals surface area contributed by atoms with E-state index in [0.717, 1.165) is 4.57 Å². The Balaban J connectivity index is 2.09. The van der Waals surface area contributed by atoms with Crippen molar-refractivity contribution in [3.63, 3.8) is 0 Å². The largest absolute Gasteiger partial charge is 0.341 e. The minimum atomic E-state index is -4.22. The molecule has 2 aromatic carbocycles. The number of hydrogen-bond donors (Lipinski definition) is 1. The monoisotopic (exact) mass is 514 g/mol. The second-order valence-corrected chi connectivity index (χ2v) is 11.6. The highest BCUT2D eigenvalue weighted by Gasteiger charge is 2.31. The van der Waals surface area contributed by atoms with E-state index in [2.05, 4.69) is 4.72 Å². The first-order chi connectivity index (χ1) is 16.8. The molecule has 0 saturated heterocycles. The van der Waals surface area contributed by atoms with E-state index >= 15 is 0 Å². The molecule has 1 amide bonds. The fourth-order valence-electron chi connectivity index (χ4n) is 4.19. The number of rotatable bonds is 9. The number of aryl methyl sites for hydroxylation is 1. The van der Waals surface area contributed by atoms with Crippen molar-refractivity contribution in [3.8, 4) is 0 Å². The van der Waals surface area contributed by atoms with Gasteiger partial charge in [0, 0.05) is 27.2 Å². The van der Waals surface area contributed by atoms with Crippen LogP contribution in [0.5, 0.6) is 0 Å². The van der Waals surface area contributed by atoms with Crippen LogP contribution in [0.25, 0.3) is 10.9 Å². The van der Waals surface area contributed by atoms with Gasteiger partial charge < -0.3 is 4.90 Å². The first-order valence-corrected chi connectivity index (χ1v) is 13.4. The summed E-state index contributed by atoms with van der Waals surface area (Å²) in [6.07, 6.45) is 0. The third-order valence-corrected chi connectivity index (χ3v) is 7.30. The lowest BCUT2D eigenvalue weighted by Gasteiger charge is -2.30. The van der Waals surface area contributed by atoms with Crippen molar-refractivity contribution >= 4 is 26.8 Å². The Morgan fingerprint density at radius 2 is 1.50 bits per heavy atom. The van der Waals surface area contributed by atoms with Crippen molar-refractivity contribution in [1.29, 1.82) is 0 Å². The predicted molar refractivity (Wildman–Crippen MR) is 140 cm³/mol. The van der Waals surface area contributed by atoms with Crippen molar-refractivity contribution < 1.29 is 13.2 Å². The summed E-state index contributed by atoms with van der Waals surface area (Å²) >= 11 is 0. The van der Waals surface area contributed by atoms with Crippen LogP contribution in [0.4, 0.5) is 0 Å². The van der Waals surface area contributed by atoms with Gasteiger partial charge in [-0.15, -0.1) is 0 Å². The van der Waals surface area contributed by atoms with Crippen LogP contribution in [0.1, 0.15) is 39.3 Å². The van der Waals surface area contributed by atoms with Gasteiger partial charge in [-0.05, 0) is 35.6 Å². The molecule has 0 aliphatic carbocycles. The summed E-state index contributed by atoms with van der Waals surface area (Å²) in [5.41, 5.74) is -0.271. The molecule has 0 aliphatic rings. The van der Waals surface area contributed by atoms with E-state index in [4.69, 9.17) is 0 Å². The Kier molecular flexibility index (Phi) is 8.20. The summed E-state index contributed by atoms with van der Waals surface area (Å²) in [5.74, 6) is 0.0550. The lowest BCUT2D eigenvalue weighted by Crippen LogP contribution is -2.45. The average Bonchev–Trinajstić information content (AvgIpc) is 2.83. The van der Waals surface area contributed by atoms with Crippen LogP contribution in [-0.2, 0) is 28.9 Å². The van der Waals surface area contributed by atoms with Gasteiger partial charge in [0.25, 0.3) is 5.56 Å². The van der Waals surface area contributed by atoms with Gasteiger partial charge in [0.05, 0.1) is 15.8 Å². The van der Waals surface area contributed by atoms with Crippen LogP contribution >= 0.6 is 0 Å². The maximum absolute atomic E-state index is 13.7. The zero-order valence-electron chi connectivity index (χ0n) is 21.6. The zero-order valence-corrected chi connectivity index (χ0v) is 22.4. The molecular weight excluding hydrogens is 480 g/mol. The molecule has 0 radical (unpaired) electrons. The minimum Gasteiger partial charge on any atom is -0.341 e. The van der Waals surface area contributed by atoms with E-state index in [1.165, 1.54) is 36.9 Å². The van der Waals surface area contributed by atoms with Gasteiger partial charge >= 0.3 is 5.69 Å². The van der Waals surface area contributed by atoms with E-state index in [0.29, 0.717) is 24.2 Å². The molecule has 0 spiro atoms. The second-order valence-electron chi connectivity index (χ2n) is 9.88. The standard InChI is InChI=1S/C26H34N4O5S/c1-17(2)15-30(16-18(3)4)25(32)23(19-10-8-7-9-11-19)27-36(34,35)20-12-13-22-21(14-20)24(31)29(6)26(33)28(22)5/h7-14,17-18,23,27H,15-16H2,1-6H3/t23-/m0/s1. The highest BCUT2D eigenvalue weighted by Crippen LogP contribution is 2.22. The van der Waals surface area contributed by atoms with Crippen molar-refractivity contribution in [2.75, 3.05) is 13.1 Å². The summed E-state index contributed by atoms with van der Waals surface area (Å²) in [6.45, 7) is 9.00. The average molecular weight is 515 g/mol. The summed E-state index contributed by atoms with van der Waals surface area (Å²) < 4.78 is 31.8. The Labute approximate surface area is 211 Å². The summed E-state index contributed by atoms with van der Waals surface area (Å²) in [7, 11) is -1.37. The number of sulfonamides is 1. The molecule has 3 rings (SSSR count). The molecule has 194 valence electrons. The number of nitrogens with one attached hydrogen (secondary N) is 1. The van der Waals surface area contributed by atoms with Crippen LogP contribution in [-0.4, -0.2) is 41.4 Å². The smallest absolute Gasteiger partial charge is 0.330 e. The number of amides is 1. The number of aromatic nitrogens is 2. The number of carbonyl (C=O) groups is 1. The number of hydrogen-bond acceptors (Lipinski definition) is 5. The van der Waals surface area contributed by atoms with Gasteiger partial charge in [-0.2, -0.15) is 4.72 Å². The predicted octanol–water partition coefficient (Wildman–Crippen LogP) is 2.40. The molecule has 3 aromatic rings. The van der Waals surface area contributed by atoms with Gasteiger partial charge in [0.15, 0.2) is 0 Å². The van der Waals surface area contributed by atoms with Gasteiger partial charge in [0.1, 0.15) is 6.04 Å². The molecule has 0 bridgehead atoms. The fourth-order valence-corrected chi connectivity index (χ4v) is 5.39. The molecule has 0 saturated carbocycles. The molecule has 36 heavy (non-hydrogen) atoms. The van der Waals surface area contributed by atoms with Gasteiger partial charge in [-0.1, -0.05) is 58.0 Å². The maximum atomic E-state index is 13.7. The van der Waals surface area contributed by atoms with Crippen molar-refractivity contribution in [2.24, 2.45) is 25.9 Å². The van der Waals surface area contributed by atoms with E-state index in [1.807, 2.05) is 27.7 Å². The molecule has 1 atom stereocenters. The Hall–Kier alpha value is -3.24. The molecule has 1 N–H and O–H groups in total. The van der Waals surface area contributed by atoms with Gasteiger partial charge in [0.2, 0.25) is 15.9 Å². The topological polar surface area (TPSA) is 110 Å². The molecule has 1 aromatic heterocycles. The number of nitrogens with zero attached hydrogens (tertiary/aromatic N) is 3. The second kappa shape index (κ2) is 10.8. The lowest BCUT2D eigenvalue weighted by molar-refractivity contribution is -0.134. The molecule has 0 fully saturated rings. The van der Waals surface area contributed by atoms with Crippen LogP contribution in [0.2, 0.25) is 0 Å².